The van der Waals surface area contributed by atoms with Crippen LogP contribution in [0.25, 0.3) is 0 Å². The van der Waals surface area contributed by atoms with Crippen LogP contribution in [-0.2, 0) is 0 Å². The van der Waals surface area contributed by atoms with E-state index in [4.69, 9.17) is 0 Å². The van der Waals surface area contributed by atoms with Crippen molar-refractivity contribution in [1.29, 1.82) is 0 Å². The average molecular weight is 245 g/mol. The van der Waals surface area contributed by atoms with E-state index in [1.807, 2.05) is 6.92 Å². The number of hydrogen-bond donors (Lipinski definition) is 0. The van der Waals surface area contributed by atoms with E-state index < -0.39 is 0 Å². The molecule has 76 valence electrons. The Morgan fingerprint density at radius 1 is 0.769 bits per heavy atom. The Kier molecular flexibility index (Phi) is 3.34. The molecule has 0 aliphatic heterocycles. The Morgan fingerprint density at radius 3 is 1.08 bits per heavy atom. The molecule has 4 rings (SSSR count). The molecule has 0 atom stereocenters. The standard InChI is InChI=1S/C10H16.C2H5Br/c1-7-2-9-4-8(1)5-10(3-7)6-9;1-2-3/h7-10H,1-6H2;2H2,1H3. The van der Waals surface area contributed by atoms with Crippen LogP contribution < -0.4 is 0 Å². The van der Waals surface area contributed by atoms with Gasteiger partial charge in [-0.15, -0.1) is 0 Å². The lowest BCUT2D eigenvalue weighted by molar-refractivity contribution is 0.0198. The van der Waals surface area contributed by atoms with Gasteiger partial charge >= 0.3 is 0 Å². The summed E-state index contributed by atoms with van der Waals surface area (Å²) < 4.78 is 0. The molecule has 0 unspecified atom stereocenters. The van der Waals surface area contributed by atoms with Gasteiger partial charge in [0.25, 0.3) is 0 Å². The molecule has 4 aliphatic carbocycles. The summed E-state index contributed by atoms with van der Waals surface area (Å²) in [5, 5.41) is 1.06. The van der Waals surface area contributed by atoms with Crippen molar-refractivity contribution < 1.29 is 0 Å². The maximum absolute atomic E-state index is 3.15. The number of hydrogen-bond acceptors (Lipinski definition) is 0. The minimum Gasteiger partial charge on any atom is -0.0931 e. The molecular weight excluding hydrogens is 224 g/mol. The highest BCUT2D eigenvalue weighted by molar-refractivity contribution is 9.09. The first-order valence-corrected chi connectivity index (χ1v) is 6.99. The fraction of sp³-hybridized carbons (Fsp3) is 1.00. The summed E-state index contributed by atoms with van der Waals surface area (Å²) in [7, 11) is 0. The van der Waals surface area contributed by atoms with Crippen molar-refractivity contribution in [2.75, 3.05) is 5.33 Å². The van der Waals surface area contributed by atoms with Gasteiger partial charge in [-0.2, -0.15) is 0 Å². The van der Waals surface area contributed by atoms with Crippen LogP contribution in [-0.4, -0.2) is 5.33 Å². The molecule has 0 heterocycles. The lowest BCUT2D eigenvalue weighted by atomic mass is 9.56. The Morgan fingerprint density at radius 2 is 0.923 bits per heavy atom. The molecular formula is C12H21Br. The molecule has 4 fully saturated rings. The summed E-state index contributed by atoms with van der Waals surface area (Å²) >= 11 is 3.15. The van der Waals surface area contributed by atoms with Crippen LogP contribution >= 0.6 is 15.9 Å². The molecule has 0 spiro atoms. The van der Waals surface area contributed by atoms with Gasteiger partial charge in [0, 0.05) is 5.33 Å². The van der Waals surface area contributed by atoms with Gasteiger partial charge in [0.05, 0.1) is 0 Å². The van der Waals surface area contributed by atoms with Gasteiger partial charge < -0.3 is 0 Å². The van der Waals surface area contributed by atoms with Gasteiger partial charge in [0.2, 0.25) is 0 Å². The first-order chi connectivity index (χ1) is 6.31. The molecule has 13 heavy (non-hydrogen) atoms. The largest absolute Gasteiger partial charge is 0.0931 e. The molecule has 0 nitrogen and oxygen atoms in total. The Hall–Kier alpha value is 0.480. The van der Waals surface area contributed by atoms with Gasteiger partial charge in [-0.25, -0.2) is 0 Å². The van der Waals surface area contributed by atoms with Crippen LogP contribution in [0.3, 0.4) is 0 Å². The van der Waals surface area contributed by atoms with E-state index in [0.717, 1.165) is 5.33 Å². The summed E-state index contributed by atoms with van der Waals surface area (Å²) in [4.78, 5) is 0. The predicted octanol–water partition coefficient (Wildman–Crippen LogP) is 4.23. The second-order valence-corrected chi connectivity index (χ2v) is 6.27. The van der Waals surface area contributed by atoms with Gasteiger partial charge in [0.15, 0.2) is 0 Å². The molecule has 0 aromatic rings. The van der Waals surface area contributed by atoms with E-state index in [-0.39, 0.29) is 0 Å². The zero-order valence-corrected chi connectivity index (χ0v) is 10.2. The fourth-order valence-electron chi connectivity index (χ4n) is 3.98. The molecule has 0 aromatic carbocycles. The Balaban J connectivity index is 0.000000196. The van der Waals surface area contributed by atoms with E-state index in [9.17, 15) is 0 Å². The summed E-state index contributed by atoms with van der Waals surface area (Å²) in [6, 6.07) is 0. The molecule has 0 amide bonds. The predicted molar refractivity (Wildman–Crippen MR) is 61.1 cm³/mol. The minimum atomic E-state index is 1.06. The normalized spacial score (nSPS) is 45.7. The third kappa shape index (κ3) is 2.29. The molecule has 0 aromatic heterocycles. The summed E-state index contributed by atoms with van der Waals surface area (Å²) in [5.41, 5.74) is 0. The zero-order valence-electron chi connectivity index (χ0n) is 8.64. The van der Waals surface area contributed by atoms with Gasteiger partial charge in [-0.3, -0.25) is 0 Å². The highest BCUT2D eigenvalue weighted by Gasteiger charge is 2.41. The summed E-state index contributed by atoms with van der Waals surface area (Å²) in [5.74, 6) is 4.71. The lowest BCUT2D eigenvalue weighted by Gasteiger charge is -2.49. The highest BCUT2D eigenvalue weighted by Crippen LogP contribution is 2.53. The first kappa shape index (κ1) is 10.0. The smallest absolute Gasteiger partial charge is 0.000281 e. The van der Waals surface area contributed by atoms with E-state index in [0.29, 0.717) is 0 Å². The van der Waals surface area contributed by atoms with E-state index >= 15 is 0 Å². The van der Waals surface area contributed by atoms with Gasteiger partial charge in [-0.05, 0) is 62.2 Å². The molecule has 1 heteroatoms. The van der Waals surface area contributed by atoms with E-state index in [1.165, 1.54) is 23.7 Å². The number of halogens is 1. The van der Waals surface area contributed by atoms with Crippen molar-refractivity contribution in [2.24, 2.45) is 23.7 Å². The van der Waals surface area contributed by atoms with Crippen LogP contribution in [0.1, 0.15) is 45.4 Å². The van der Waals surface area contributed by atoms with Gasteiger partial charge in [0.1, 0.15) is 0 Å². The number of alkyl halides is 1. The molecule has 0 saturated heterocycles. The number of rotatable bonds is 0. The van der Waals surface area contributed by atoms with Crippen LogP contribution in [0.4, 0.5) is 0 Å². The van der Waals surface area contributed by atoms with E-state index in [1.54, 1.807) is 38.5 Å². The molecule has 4 saturated carbocycles. The second-order valence-electron chi connectivity index (χ2n) is 5.15. The second kappa shape index (κ2) is 4.33. The van der Waals surface area contributed by atoms with Crippen molar-refractivity contribution in [2.45, 2.75) is 45.4 Å². The van der Waals surface area contributed by atoms with Crippen LogP contribution in [0, 0.1) is 23.7 Å². The quantitative estimate of drug-likeness (QED) is 0.560. The van der Waals surface area contributed by atoms with Gasteiger partial charge in [-0.1, -0.05) is 22.9 Å². The molecule has 4 bridgehead atoms. The Labute approximate surface area is 90.6 Å². The molecule has 4 aliphatic rings. The minimum absolute atomic E-state index is 1.06. The molecule has 0 radical (unpaired) electrons. The maximum Gasteiger partial charge on any atom is 0.000281 e. The van der Waals surface area contributed by atoms with Crippen molar-refractivity contribution >= 4 is 15.9 Å². The molecule has 0 N–H and O–H groups in total. The Bertz CT molecular complexity index is 108. The highest BCUT2D eigenvalue weighted by atomic mass is 79.9. The van der Waals surface area contributed by atoms with Crippen molar-refractivity contribution in [3.8, 4) is 0 Å². The third-order valence-electron chi connectivity index (χ3n) is 4.00. The monoisotopic (exact) mass is 244 g/mol. The summed E-state index contributed by atoms with van der Waals surface area (Å²) in [6.45, 7) is 2.04. The SMILES string of the molecule is C1C2CC3CC1CC(C2)C3.CCBr. The lowest BCUT2D eigenvalue weighted by Crippen LogP contribution is -2.38. The zero-order chi connectivity index (χ0) is 9.26. The van der Waals surface area contributed by atoms with Crippen LogP contribution in [0.2, 0.25) is 0 Å². The van der Waals surface area contributed by atoms with E-state index in [2.05, 4.69) is 15.9 Å². The van der Waals surface area contributed by atoms with Crippen molar-refractivity contribution in [3.63, 3.8) is 0 Å². The average Bonchev–Trinajstić information content (AvgIpc) is 2.01. The van der Waals surface area contributed by atoms with Crippen molar-refractivity contribution in [3.05, 3.63) is 0 Å². The van der Waals surface area contributed by atoms with Crippen LogP contribution in [0.5, 0.6) is 0 Å². The topological polar surface area (TPSA) is 0 Å². The van der Waals surface area contributed by atoms with Crippen molar-refractivity contribution in [1.82, 2.24) is 0 Å². The summed E-state index contributed by atoms with van der Waals surface area (Å²) in [6.07, 6.45) is 9.62. The fourth-order valence-corrected chi connectivity index (χ4v) is 3.98. The van der Waals surface area contributed by atoms with Crippen LogP contribution in [0.15, 0.2) is 0 Å². The third-order valence-corrected chi connectivity index (χ3v) is 4.00. The first-order valence-electron chi connectivity index (χ1n) is 5.87. The maximum atomic E-state index is 3.15.